The van der Waals surface area contributed by atoms with Gasteiger partial charge in [0.05, 0.1) is 0 Å². The average Bonchev–Trinajstić information content (AvgIpc) is 2.22. The molecule has 0 spiro atoms. The Balaban J connectivity index is 4.83. The van der Waals surface area contributed by atoms with Crippen LogP contribution >= 0.6 is 0 Å². The molecule has 2 atom stereocenters. The first-order chi connectivity index (χ1) is 7.93. The van der Waals surface area contributed by atoms with E-state index in [0.29, 0.717) is 25.3 Å². The Bertz CT molecular complexity index is 252. The van der Waals surface area contributed by atoms with Gasteiger partial charge in [-0.2, -0.15) is 0 Å². The maximum absolute atomic E-state index is 12.0. The molecule has 4 nitrogen and oxygen atoms in total. The third kappa shape index (κ3) is 5.71. The summed E-state index contributed by atoms with van der Waals surface area (Å²) in [4.78, 5) is 23.4. The van der Waals surface area contributed by atoms with E-state index in [4.69, 9.17) is 5.73 Å². The van der Waals surface area contributed by atoms with Gasteiger partial charge in [-0.1, -0.05) is 27.2 Å². The minimum atomic E-state index is -0.358. The number of amides is 2. The normalized spacial score (nSPS) is 14.4. The van der Waals surface area contributed by atoms with Gasteiger partial charge in [-0.3, -0.25) is 9.59 Å². The van der Waals surface area contributed by atoms with Crippen LogP contribution in [-0.4, -0.2) is 18.4 Å². The van der Waals surface area contributed by atoms with E-state index in [0.717, 1.165) is 6.42 Å². The number of nitrogens with two attached hydrogens (primary N) is 1. The van der Waals surface area contributed by atoms with Gasteiger partial charge in [-0.05, 0) is 25.7 Å². The first kappa shape index (κ1) is 15.9. The first-order valence-corrected chi connectivity index (χ1v) is 6.50. The summed E-state index contributed by atoms with van der Waals surface area (Å²) in [5, 5.41) is 2.80. The zero-order valence-corrected chi connectivity index (χ0v) is 11.5. The Kier molecular flexibility index (Phi) is 7.59. The van der Waals surface area contributed by atoms with E-state index in [1.54, 1.807) is 0 Å². The molecule has 0 aromatic heterocycles. The lowest BCUT2D eigenvalue weighted by molar-refractivity contribution is -0.134. The summed E-state index contributed by atoms with van der Waals surface area (Å²) in [6, 6.07) is 0. The van der Waals surface area contributed by atoms with Gasteiger partial charge in [0.15, 0.2) is 0 Å². The smallest absolute Gasteiger partial charge is 0.223 e. The van der Waals surface area contributed by atoms with Crippen LogP contribution in [0.1, 0.15) is 47.0 Å². The zero-order valence-electron chi connectivity index (χ0n) is 11.5. The van der Waals surface area contributed by atoms with E-state index in [1.165, 1.54) is 0 Å². The Morgan fingerprint density at radius 1 is 1.18 bits per heavy atom. The van der Waals surface area contributed by atoms with Crippen LogP contribution in [0.5, 0.6) is 0 Å². The first-order valence-electron chi connectivity index (χ1n) is 6.50. The predicted molar refractivity (Wildman–Crippen MR) is 69.2 cm³/mol. The summed E-state index contributed by atoms with van der Waals surface area (Å²) in [6.45, 7) is 8.57. The monoisotopic (exact) mass is 242 g/mol. The summed E-state index contributed by atoms with van der Waals surface area (Å²) in [5.74, 6) is -0.648. The van der Waals surface area contributed by atoms with Crippen molar-refractivity contribution in [3.05, 3.63) is 0 Å². The molecule has 0 radical (unpaired) electrons. The molecular weight excluding hydrogens is 216 g/mol. The molecule has 0 saturated carbocycles. The molecule has 0 saturated heterocycles. The molecule has 100 valence electrons. The summed E-state index contributed by atoms with van der Waals surface area (Å²) in [7, 11) is 0. The van der Waals surface area contributed by atoms with Crippen LogP contribution in [-0.2, 0) is 9.59 Å². The van der Waals surface area contributed by atoms with Gasteiger partial charge in [0.1, 0.15) is 0 Å². The quantitative estimate of drug-likeness (QED) is 0.680. The molecule has 1 unspecified atom stereocenters. The van der Waals surface area contributed by atoms with Gasteiger partial charge >= 0.3 is 0 Å². The fraction of sp³-hybridized carbons (Fsp3) is 0.846. The Hall–Kier alpha value is -1.06. The standard InChI is InChI=1S/C13H26N2O2/c1-5-7-10(12(14)16)11(8-9(3)4)13(17)15-6-2/h9-11H,5-8H2,1-4H3,(H2,14,16)(H,15,17)/t10-,11?/m0/s1. The summed E-state index contributed by atoms with van der Waals surface area (Å²) in [5.41, 5.74) is 5.41. The lowest BCUT2D eigenvalue weighted by Crippen LogP contribution is -2.41. The fourth-order valence-electron chi connectivity index (χ4n) is 2.12. The Labute approximate surface area is 104 Å². The summed E-state index contributed by atoms with van der Waals surface area (Å²) < 4.78 is 0. The van der Waals surface area contributed by atoms with E-state index < -0.39 is 0 Å². The highest BCUT2D eigenvalue weighted by molar-refractivity contribution is 5.86. The van der Waals surface area contributed by atoms with Gasteiger partial charge in [0, 0.05) is 18.4 Å². The molecular formula is C13H26N2O2. The highest BCUT2D eigenvalue weighted by Crippen LogP contribution is 2.24. The molecule has 0 rings (SSSR count). The van der Waals surface area contributed by atoms with Crippen molar-refractivity contribution in [1.82, 2.24) is 5.32 Å². The van der Waals surface area contributed by atoms with Crippen LogP contribution in [0, 0.1) is 17.8 Å². The molecule has 0 heterocycles. The van der Waals surface area contributed by atoms with E-state index in [1.807, 2.05) is 13.8 Å². The molecule has 0 bridgehead atoms. The molecule has 0 aliphatic rings. The molecule has 0 aromatic carbocycles. The Morgan fingerprint density at radius 3 is 2.12 bits per heavy atom. The highest BCUT2D eigenvalue weighted by Gasteiger charge is 2.31. The van der Waals surface area contributed by atoms with E-state index >= 15 is 0 Å². The topological polar surface area (TPSA) is 72.2 Å². The van der Waals surface area contributed by atoms with Gasteiger partial charge in [-0.25, -0.2) is 0 Å². The van der Waals surface area contributed by atoms with Crippen molar-refractivity contribution in [3.8, 4) is 0 Å². The third-order valence-corrected chi connectivity index (χ3v) is 2.86. The van der Waals surface area contributed by atoms with Crippen molar-refractivity contribution in [3.63, 3.8) is 0 Å². The Morgan fingerprint density at radius 2 is 1.76 bits per heavy atom. The van der Waals surface area contributed by atoms with E-state index in [9.17, 15) is 9.59 Å². The van der Waals surface area contributed by atoms with Crippen LogP contribution < -0.4 is 11.1 Å². The van der Waals surface area contributed by atoms with Crippen molar-refractivity contribution in [2.24, 2.45) is 23.5 Å². The fourth-order valence-corrected chi connectivity index (χ4v) is 2.12. The van der Waals surface area contributed by atoms with Crippen LogP contribution in [0.3, 0.4) is 0 Å². The average molecular weight is 242 g/mol. The molecule has 0 aliphatic carbocycles. The van der Waals surface area contributed by atoms with Crippen molar-refractivity contribution < 1.29 is 9.59 Å². The van der Waals surface area contributed by atoms with Gasteiger partial charge in [0.2, 0.25) is 11.8 Å². The molecule has 0 aliphatic heterocycles. The number of hydrogen-bond donors (Lipinski definition) is 2. The molecule has 0 aromatic rings. The number of nitrogens with one attached hydrogen (secondary N) is 1. The molecule has 17 heavy (non-hydrogen) atoms. The maximum Gasteiger partial charge on any atom is 0.223 e. The van der Waals surface area contributed by atoms with Crippen LogP contribution in [0.2, 0.25) is 0 Å². The second-order valence-electron chi connectivity index (χ2n) is 4.93. The molecule has 3 N–H and O–H groups in total. The van der Waals surface area contributed by atoms with Crippen LogP contribution in [0.25, 0.3) is 0 Å². The second kappa shape index (κ2) is 8.09. The lowest BCUT2D eigenvalue weighted by atomic mass is 9.81. The van der Waals surface area contributed by atoms with Gasteiger partial charge in [0.25, 0.3) is 0 Å². The van der Waals surface area contributed by atoms with Crippen molar-refractivity contribution in [2.75, 3.05) is 6.54 Å². The van der Waals surface area contributed by atoms with Crippen molar-refractivity contribution in [1.29, 1.82) is 0 Å². The lowest BCUT2D eigenvalue weighted by Gasteiger charge is -2.25. The largest absolute Gasteiger partial charge is 0.369 e. The number of primary amides is 1. The molecule has 0 fully saturated rings. The van der Waals surface area contributed by atoms with Gasteiger partial charge in [-0.15, -0.1) is 0 Å². The second-order valence-corrected chi connectivity index (χ2v) is 4.93. The van der Waals surface area contributed by atoms with E-state index in [-0.39, 0.29) is 23.7 Å². The van der Waals surface area contributed by atoms with Crippen molar-refractivity contribution in [2.45, 2.75) is 47.0 Å². The number of rotatable bonds is 8. The summed E-state index contributed by atoms with van der Waals surface area (Å²) in [6.07, 6.45) is 2.25. The van der Waals surface area contributed by atoms with Crippen molar-refractivity contribution >= 4 is 11.8 Å². The minimum absolute atomic E-state index is 0.0431. The molecule has 4 heteroatoms. The SMILES string of the molecule is CCC[C@H](C(N)=O)C(CC(C)C)C(=O)NCC. The third-order valence-electron chi connectivity index (χ3n) is 2.86. The number of hydrogen-bond acceptors (Lipinski definition) is 2. The minimum Gasteiger partial charge on any atom is -0.369 e. The number of carbonyl (C=O) groups excluding carboxylic acids is 2. The zero-order chi connectivity index (χ0) is 13.4. The van der Waals surface area contributed by atoms with Gasteiger partial charge < -0.3 is 11.1 Å². The van der Waals surface area contributed by atoms with Crippen LogP contribution in [0.15, 0.2) is 0 Å². The van der Waals surface area contributed by atoms with Crippen LogP contribution in [0.4, 0.5) is 0 Å². The predicted octanol–water partition coefficient (Wildman–Crippen LogP) is 1.69. The van der Waals surface area contributed by atoms with E-state index in [2.05, 4.69) is 19.2 Å². The summed E-state index contributed by atoms with van der Waals surface area (Å²) >= 11 is 0. The maximum atomic E-state index is 12.0. The molecule has 2 amide bonds. The highest BCUT2D eigenvalue weighted by atomic mass is 16.2. The number of carbonyl (C=O) groups is 2.